The molecule has 1 heterocycles. The minimum atomic E-state index is -1.08. The zero-order chi connectivity index (χ0) is 24.8. The minimum Gasteiger partial charge on any atom is -0.480 e. The summed E-state index contributed by atoms with van der Waals surface area (Å²) >= 11 is 11.5. The quantitative estimate of drug-likeness (QED) is 0.513. The van der Waals surface area contributed by atoms with Gasteiger partial charge in [0.25, 0.3) is 0 Å². The molecule has 1 atom stereocenters. The van der Waals surface area contributed by atoms with E-state index >= 15 is 0 Å². The number of anilines is 1. The molecule has 0 saturated carbocycles. The fraction of sp³-hybridized carbons (Fsp3) is 0.320. The average molecular weight is 493 g/mol. The molecule has 2 N–H and O–H groups in total. The van der Waals surface area contributed by atoms with Crippen LogP contribution in [0.1, 0.15) is 31.7 Å². The van der Waals surface area contributed by atoms with E-state index in [0.29, 0.717) is 17.1 Å². The van der Waals surface area contributed by atoms with Crippen LogP contribution in [-0.4, -0.2) is 40.9 Å². The lowest BCUT2D eigenvalue weighted by Crippen LogP contribution is -2.46. The smallest absolute Gasteiger partial charge is 0.323 e. The van der Waals surface area contributed by atoms with Crippen molar-refractivity contribution in [1.82, 2.24) is 4.90 Å². The SMILES string of the molecule is C=CCC.Cc1cccc(Cl)c1.O=C(O)CN1CC(C(=O)Nc2cccc(Cl)c2)CCC1=O. The van der Waals surface area contributed by atoms with Crippen molar-refractivity contribution in [3.8, 4) is 0 Å². The summed E-state index contributed by atoms with van der Waals surface area (Å²) in [6.07, 6.45) is 3.56. The van der Waals surface area contributed by atoms with E-state index in [4.69, 9.17) is 28.3 Å². The highest BCUT2D eigenvalue weighted by Gasteiger charge is 2.31. The lowest BCUT2D eigenvalue weighted by molar-refractivity contribution is -0.147. The first-order valence-corrected chi connectivity index (χ1v) is 11.3. The van der Waals surface area contributed by atoms with Gasteiger partial charge in [0.1, 0.15) is 6.54 Å². The van der Waals surface area contributed by atoms with E-state index in [0.717, 1.165) is 11.4 Å². The van der Waals surface area contributed by atoms with Gasteiger partial charge in [-0.05, 0) is 55.7 Å². The molecule has 1 saturated heterocycles. The predicted molar refractivity (Wildman–Crippen MR) is 134 cm³/mol. The van der Waals surface area contributed by atoms with E-state index in [2.05, 4.69) is 18.8 Å². The first-order valence-electron chi connectivity index (χ1n) is 10.5. The van der Waals surface area contributed by atoms with E-state index in [1.165, 1.54) is 10.5 Å². The van der Waals surface area contributed by atoms with Crippen molar-refractivity contribution in [3.05, 3.63) is 76.8 Å². The van der Waals surface area contributed by atoms with Gasteiger partial charge in [-0.3, -0.25) is 14.4 Å². The number of rotatable bonds is 5. The summed E-state index contributed by atoms with van der Waals surface area (Å²) < 4.78 is 0. The van der Waals surface area contributed by atoms with E-state index < -0.39 is 11.9 Å². The number of carbonyl (C=O) groups is 3. The Hall–Kier alpha value is -2.83. The Bertz CT molecular complexity index is 932. The largest absolute Gasteiger partial charge is 0.480 e. The molecular weight excluding hydrogens is 463 g/mol. The highest BCUT2D eigenvalue weighted by atomic mass is 35.5. The maximum absolute atomic E-state index is 12.2. The van der Waals surface area contributed by atoms with Gasteiger partial charge in [0.15, 0.2) is 0 Å². The average Bonchev–Trinajstić information content (AvgIpc) is 2.75. The number of carboxylic acids is 1. The van der Waals surface area contributed by atoms with Crippen molar-refractivity contribution >= 4 is 46.7 Å². The monoisotopic (exact) mass is 492 g/mol. The van der Waals surface area contributed by atoms with Gasteiger partial charge in [-0.1, -0.05) is 54.4 Å². The van der Waals surface area contributed by atoms with Crippen LogP contribution in [-0.2, 0) is 14.4 Å². The van der Waals surface area contributed by atoms with Crippen LogP contribution in [0.2, 0.25) is 10.0 Å². The van der Waals surface area contributed by atoms with Crippen LogP contribution in [0.5, 0.6) is 0 Å². The Morgan fingerprint density at radius 3 is 2.27 bits per heavy atom. The van der Waals surface area contributed by atoms with Crippen LogP contribution in [0, 0.1) is 12.8 Å². The minimum absolute atomic E-state index is 0.123. The lowest BCUT2D eigenvalue weighted by atomic mass is 9.96. The maximum Gasteiger partial charge on any atom is 0.323 e. The van der Waals surface area contributed by atoms with Gasteiger partial charge in [0.05, 0.1) is 5.92 Å². The van der Waals surface area contributed by atoms with Crippen LogP contribution in [0.25, 0.3) is 0 Å². The molecule has 2 aromatic carbocycles. The van der Waals surface area contributed by atoms with Crippen molar-refractivity contribution in [3.63, 3.8) is 0 Å². The number of benzene rings is 2. The third kappa shape index (κ3) is 11.6. The van der Waals surface area contributed by atoms with Crippen molar-refractivity contribution in [2.75, 3.05) is 18.4 Å². The number of hydrogen-bond acceptors (Lipinski definition) is 3. The standard InChI is InChI=1S/C14H15ClN2O4.C7H7Cl.C4H8/c15-10-2-1-3-11(6-10)16-14(21)9-4-5-12(18)17(7-9)8-13(19)20;1-6-3-2-4-7(8)5-6;1-3-4-2/h1-3,6,9H,4-5,7-8H2,(H,16,21)(H,19,20);2-5H,1H3;3H,1,4H2,2H3. The third-order valence-electron chi connectivity index (χ3n) is 4.56. The normalized spacial score (nSPS) is 14.7. The van der Waals surface area contributed by atoms with Crippen LogP contribution in [0.3, 0.4) is 0 Å². The molecule has 3 rings (SSSR count). The third-order valence-corrected chi connectivity index (χ3v) is 5.03. The fourth-order valence-corrected chi connectivity index (χ4v) is 3.30. The Labute approximate surface area is 205 Å². The van der Waals surface area contributed by atoms with Gasteiger partial charge in [-0.25, -0.2) is 0 Å². The number of allylic oxidation sites excluding steroid dienone is 1. The lowest BCUT2D eigenvalue weighted by Gasteiger charge is -2.30. The summed E-state index contributed by atoms with van der Waals surface area (Å²) in [6, 6.07) is 14.5. The number of piperidine rings is 1. The van der Waals surface area contributed by atoms with Crippen molar-refractivity contribution < 1.29 is 19.5 Å². The Kier molecular flexibility index (Phi) is 12.9. The number of hydrogen-bond donors (Lipinski definition) is 2. The topological polar surface area (TPSA) is 86.7 Å². The summed E-state index contributed by atoms with van der Waals surface area (Å²) in [4.78, 5) is 35.7. The second kappa shape index (κ2) is 15.1. The Balaban J connectivity index is 0.000000372. The molecule has 8 heteroatoms. The molecule has 33 heavy (non-hydrogen) atoms. The molecule has 0 bridgehead atoms. The summed E-state index contributed by atoms with van der Waals surface area (Å²) in [5.74, 6) is -1.97. The second-order valence-corrected chi connectivity index (χ2v) is 8.27. The molecule has 1 aliphatic rings. The number of amides is 2. The number of nitrogens with zero attached hydrogens (tertiary/aromatic N) is 1. The van der Waals surface area contributed by atoms with Crippen molar-refractivity contribution in [2.24, 2.45) is 5.92 Å². The van der Waals surface area contributed by atoms with Gasteiger partial charge in [0.2, 0.25) is 11.8 Å². The number of nitrogens with one attached hydrogen (secondary N) is 1. The van der Waals surface area contributed by atoms with Gasteiger partial charge >= 0.3 is 5.97 Å². The number of aryl methyl sites for hydroxylation is 1. The molecule has 6 nitrogen and oxygen atoms in total. The van der Waals surface area contributed by atoms with E-state index in [1.807, 2.05) is 37.3 Å². The van der Waals surface area contributed by atoms with E-state index in [9.17, 15) is 14.4 Å². The van der Waals surface area contributed by atoms with Gasteiger partial charge in [-0.2, -0.15) is 0 Å². The summed E-state index contributed by atoms with van der Waals surface area (Å²) in [5, 5.41) is 12.8. The molecule has 1 unspecified atom stereocenters. The molecule has 2 aromatic rings. The van der Waals surface area contributed by atoms with Crippen LogP contribution < -0.4 is 5.32 Å². The number of carbonyl (C=O) groups excluding carboxylic acids is 2. The van der Waals surface area contributed by atoms with E-state index in [-0.39, 0.29) is 31.3 Å². The Morgan fingerprint density at radius 2 is 1.79 bits per heavy atom. The zero-order valence-corrected chi connectivity index (χ0v) is 20.4. The molecule has 0 aromatic heterocycles. The van der Waals surface area contributed by atoms with Crippen LogP contribution >= 0.6 is 23.2 Å². The highest BCUT2D eigenvalue weighted by molar-refractivity contribution is 6.31. The van der Waals surface area contributed by atoms with Gasteiger partial charge in [-0.15, -0.1) is 6.58 Å². The molecule has 1 fully saturated rings. The van der Waals surface area contributed by atoms with Crippen LogP contribution in [0.4, 0.5) is 5.69 Å². The van der Waals surface area contributed by atoms with Crippen LogP contribution in [0.15, 0.2) is 61.2 Å². The number of likely N-dealkylation sites (tertiary alicyclic amines) is 1. The summed E-state index contributed by atoms with van der Waals surface area (Å²) in [7, 11) is 0. The Morgan fingerprint density at radius 1 is 1.18 bits per heavy atom. The van der Waals surface area contributed by atoms with Crippen molar-refractivity contribution in [1.29, 1.82) is 0 Å². The second-order valence-electron chi connectivity index (χ2n) is 7.40. The first kappa shape index (κ1) is 28.2. The number of aliphatic carboxylic acids is 1. The van der Waals surface area contributed by atoms with Crippen molar-refractivity contribution in [2.45, 2.75) is 33.1 Å². The zero-order valence-electron chi connectivity index (χ0n) is 18.9. The molecule has 0 aliphatic carbocycles. The predicted octanol–water partition coefficient (Wildman–Crippen LogP) is 5.83. The molecule has 2 amide bonds. The van der Waals surface area contributed by atoms with Gasteiger partial charge in [0, 0.05) is 28.7 Å². The summed E-state index contributed by atoms with van der Waals surface area (Å²) in [5.41, 5.74) is 1.78. The van der Waals surface area contributed by atoms with Gasteiger partial charge < -0.3 is 15.3 Å². The maximum atomic E-state index is 12.2. The number of halogens is 2. The molecule has 0 spiro atoms. The molecule has 178 valence electrons. The summed E-state index contributed by atoms with van der Waals surface area (Å²) in [6.45, 7) is 7.31. The molecule has 1 aliphatic heterocycles. The number of carboxylic acid groups (broad SMARTS) is 1. The molecule has 0 radical (unpaired) electrons. The molecular formula is C25H30Cl2N2O4. The fourth-order valence-electron chi connectivity index (χ4n) is 2.86. The van der Waals surface area contributed by atoms with E-state index in [1.54, 1.807) is 24.3 Å². The highest BCUT2D eigenvalue weighted by Crippen LogP contribution is 2.21. The first-order chi connectivity index (χ1) is 15.7.